The maximum atomic E-state index is 12.3. The van der Waals surface area contributed by atoms with Gasteiger partial charge in [0.2, 0.25) is 0 Å². The number of hydrogen-bond donors (Lipinski definition) is 2. The third kappa shape index (κ3) is 3.89. The number of aromatic hydroxyl groups is 1. The molecular formula is C17H20BrN3O2S. The maximum Gasteiger partial charge on any atom is 0.255 e. The molecule has 128 valence electrons. The Labute approximate surface area is 153 Å². The monoisotopic (exact) mass is 409 g/mol. The summed E-state index contributed by atoms with van der Waals surface area (Å²) < 4.78 is 0.530. The molecule has 1 fully saturated rings. The summed E-state index contributed by atoms with van der Waals surface area (Å²) >= 11 is 4.93. The molecule has 1 aromatic carbocycles. The second-order valence-electron chi connectivity index (χ2n) is 5.96. The van der Waals surface area contributed by atoms with Crippen molar-refractivity contribution in [3.8, 4) is 5.75 Å². The molecule has 1 aliphatic rings. The Hall–Kier alpha value is -1.60. The summed E-state index contributed by atoms with van der Waals surface area (Å²) in [6.45, 7) is 4.56. The van der Waals surface area contributed by atoms with E-state index in [1.54, 1.807) is 23.5 Å². The average Bonchev–Trinajstić information content (AvgIpc) is 3.21. The number of nitrogens with zero attached hydrogens (tertiary/aromatic N) is 2. The molecule has 1 aromatic heterocycles. The number of phenolic OH excluding ortho intramolecular Hbond substituents is 1. The zero-order valence-electron chi connectivity index (χ0n) is 13.5. The van der Waals surface area contributed by atoms with Gasteiger partial charge in [0.05, 0.1) is 15.7 Å². The predicted octanol–water partition coefficient (Wildman–Crippen LogP) is 3.49. The molecule has 0 atom stereocenters. The second kappa shape index (κ2) is 7.53. The molecular weight excluding hydrogens is 390 g/mol. The van der Waals surface area contributed by atoms with Gasteiger partial charge in [0.15, 0.2) is 5.13 Å². The number of amides is 1. The zero-order chi connectivity index (χ0) is 17.1. The fourth-order valence-electron chi connectivity index (χ4n) is 2.77. The van der Waals surface area contributed by atoms with Gasteiger partial charge in [-0.3, -0.25) is 4.79 Å². The zero-order valence-corrected chi connectivity index (χ0v) is 15.9. The summed E-state index contributed by atoms with van der Waals surface area (Å²) in [5.41, 5.74) is 2.20. The first-order chi connectivity index (χ1) is 11.5. The molecule has 0 bridgehead atoms. The molecule has 2 N–H and O–H groups in total. The van der Waals surface area contributed by atoms with Gasteiger partial charge in [0, 0.05) is 31.4 Å². The number of halogens is 1. The Balaban J connectivity index is 1.55. The molecule has 2 heterocycles. The minimum Gasteiger partial charge on any atom is -0.506 e. The Morgan fingerprint density at radius 2 is 2.17 bits per heavy atom. The van der Waals surface area contributed by atoms with Gasteiger partial charge in [-0.25, -0.2) is 4.98 Å². The molecule has 3 rings (SSSR count). The highest BCUT2D eigenvalue weighted by Crippen LogP contribution is 2.29. The van der Waals surface area contributed by atoms with Crippen LogP contribution in [-0.2, 0) is 6.42 Å². The summed E-state index contributed by atoms with van der Waals surface area (Å²) in [6.07, 6.45) is 3.16. The molecule has 0 saturated carbocycles. The minimum atomic E-state index is -0.271. The Kier molecular flexibility index (Phi) is 5.40. The van der Waals surface area contributed by atoms with Gasteiger partial charge in [-0.05, 0) is 53.4 Å². The van der Waals surface area contributed by atoms with Crippen molar-refractivity contribution in [1.82, 2.24) is 10.3 Å². The average molecular weight is 410 g/mol. The van der Waals surface area contributed by atoms with Crippen molar-refractivity contribution in [2.45, 2.75) is 26.2 Å². The van der Waals surface area contributed by atoms with Crippen LogP contribution in [0.2, 0.25) is 0 Å². The SMILES string of the molecule is Cc1cc(Br)c(O)c(C(=O)NCCc2csc(N3CCCC3)n2)c1. The fourth-order valence-corrected chi connectivity index (χ4v) is 4.26. The third-order valence-corrected chi connectivity index (χ3v) is 5.59. The molecule has 1 amide bonds. The topological polar surface area (TPSA) is 65.5 Å². The first-order valence-electron chi connectivity index (χ1n) is 8.01. The molecule has 1 saturated heterocycles. The number of benzene rings is 1. The van der Waals surface area contributed by atoms with E-state index in [2.05, 4.69) is 36.5 Å². The number of aryl methyl sites for hydroxylation is 1. The van der Waals surface area contributed by atoms with Gasteiger partial charge in [-0.2, -0.15) is 0 Å². The number of nitrogens with one attached hydrogen (secondary N) is 1. The van der Waals surface area contributed by atoms with Crippen LogP contribution in [0.3, 0.4) is 0 Å². The molecule has 2 aromatic rings. The normalized spacial score (nSPS) is 14.2. The van der Waals surface area contributed by atoms with Crippen molar-refractivity contribution in [3.63, 3.8) is 0 Å². The van der Waals surface area contributed by atoms with Crippen LogP contribution in [0.4, 0.5) is 5.13 Å². The number of carbonyl (C=O) groups excluding carboxylic acids is 1. The number of thiazole rings is 1. The highest BCUT2D eigenvalue weighted by molar-refractivity contribution is 9.10. The van der Waals surface area contributed by atoms with E-state index >= 15 is 0 Å². The second-order valence-corrected chi connectivity index (χ2v) is 7.66. The number of carbonyl (C=O) groups is 1. The van der Waals surface area contributed by atoms with Gasteiger partial charge < -0.3 is 15.3 Å². The van der Waals surface area contributed by atoms with Gasteiger partial charge in [0.1, 0.15) is 5.75 Å². The van der Waals surface area contributed by atoms with E-state index < -0.39 is 0 Å². The van der Waals surface area contributed by atoms with E-state index in [9.17, 15) is 9.90 Å². The molecule has 0 aliphatic carbocycles. The van der Waals surface area contributed by atoms with E-state index in [1.807, 2.05) is 6.92 Å². The predicted molar refractivity (Wildman–Crippen MR) is 100 cm³/mol. The lowest BCUT2D eigenvalue weighted by Crippen LogP contribution is -2.26. The van der Waals surface area contributed by atoms with Gasteiger partial charge in [-0.15, -0.1) is 11.3 Å². The van der Waals surface area contributed by atoms with Crippen LogP contribution < -0.4 is 10.2 Å². The molecule has 24 heavy (non-hydrogen) atoms. The Morgan fingerprint density at radius 3 is 2.92 bits per heavy atom. The molecule has 5 nitrogen and oxygen atoms in total. The van der Waals surface area contributed by atoms with E-state index in [4.69, 9.17) is 0 Å². The van der Waals surface area contributed by atoms with Crippen LogP contribution in [0.5, 0.6) is 5.75 Å². The van der Waals surface area contributed by atoms with Crippen LogP contribution in [0.1, 0.15) is 34.5 Å². The lowest BCUT2D eigenvalue weighted by molar-refractivity contribution is 0.0951. The summed E-state index contributed by atoms with van der Waals surface area (Å²) in [6, 6.07) is 3.46. The molecule has 0 unspecified atom stereocenters. The summed E-state index contributed by atoms with van der Waals surface area (Å²) in [5.74, 6) is -0.296. The van der Waals surface area contributed by atoms with Crippen LogP contribution >= 0.6 is 27.3 Å². The quantitative estimate of drug-likeness (QED) is 0.792. The number of anilines is 1. The number of rotatable bonds is 5. The number of aromatic nitrogens is 1. The van der Waals surface area contributed by atoms with Crippen molar-refractivity contribution in [1.29, 1.82) is 0 Å². The van der Waals surface area contributed by atoms with Crippen molar-refractivity contribution in [2.24, 2.45) is 0 Å². The lowest BCUT2D eigenvalue weighted by Gasteiger charge is -2.12. The largest absolute Gasteiger partial charge is 0.506 e. The first-order valence-corrected chi connectivity index (χ1v) is 9.68. The van der Waals surface area contributed by atoms with Crippen LogP contribution in [0, 0.1) is 6.92 Å². The van der Waals surface area contributed by atoms with Crippen molar-refractivity contribution in [2.75, 3.05) is 24.5 Å². The minimum absolute atomic E-state index is 0.0249. The van der Waals surface area contributed by atoms with Crippen molar-refractivity contribution >= 4 is 38.3 Å². The third-order valence-electron chi connectivity index (χ3n) is 4.04. The molecule has 0 spiro atoms. The highest BCUT2D eigenvalue weighted by atomic mass is 79.9. The fraction of sp³-hybridized carbons (Fsp3) is 0.412. The maximum absolute atomic E-state index is 12.3. The van der Waals surface area contributed by atoms with Gasteiger partial charge in [-0.1, -0.05) is 0 Å². The number of hydrogen-bond acceptors (Lipinski definition) is 5. The van der Waals surface area contributed by atoms with Gasteiger partial charge >= 0.3 is 0 Å². The van der Waals surface area contributed by atoms with Crippen LogP contribution in [0.25, 0.3) is 0 Å². The van der Waals surface area contributed by atoms with Gasteiger partial charge in [0.25, 0.3) is 5.91 Å². The first kappa shape index (κ1) is 17.2. The standard InChI is InChI=1S/C17H20BrN3O2S/c1-11-8-13(15(22)14(18)9-11)16(23)19-5-4-12-10-24-17(20-12)21-6-2-3-7-21/h8-10,22H,2-7H2,1H3,(H,19,23). The molecule has 0 radical (unpaired) electrons. The lowest BCUT2D eigenvalue weighted by atomic mass is 10.1. The smallest absolute Gasteiger partial charge is 0.255 e. The van der Waals surface area contributed by atoms with E-state index in [1.165, 1.54) is 12.8 Å². The van der Waals surface area contributed by atoms with Crippen molar-refractivity contribution in [3.05, 3.63) is 38.8 Å². The summed E-state index contributed by atoms with van der Waals surface area (Å²) in [4.78, 5) is 19.2. The summed E-state index contributed by atoms with van der Waals surface area (Å²) in [5, 5.41) is 16.0. The van der Waals surface area contributed by atoms with E-state index in [0.717, 1.165) is 29.5 Å². The van der Waals surface area contributed by atoms with E-state index in [0.29, 0.717) is 17.4 Å². The summed E-state index contributed by atoms with van der Waals surface area (Å²) in [7, 11) is 0. The van der Waals surface area contributed by atoms with Crippen LogP contribution in [0.15, 0.2) is 22.0 Å². The van der Waals surface area contributed by atoms with Crippen molar-refractivity contribution < 1.29 is 9.90 Å². The number of phenols is 1. The van der Waals surface area contributed by atoms with Crippen LogP contribution in [-0.4, -0.2) is 35.6 Å². The van der Waals surface area contributed by atoms with E-state index in [-0.39, 0.29) is 17.2 Å². The Bertz CT molecular complexity index is 741. The molecule has 7 heteroatoms. The highest BCUT2D eigenvalue weighted by Gasteiger charge is 2.16. The molecule has 1 aliphatic heterocycles. The Morgan fingerprint density at radius 1 is 1.42 bits per heavy atom.